The Kier molecular flexibility index (Phi) is 7.57. The van der Waals surface area contributed by atoms with Gasteiger partial charge in [-0.25, -0.2) is 0 Å². The first-order chi connectivity index (χ1) is 9.59. The van der Waals surface area contributed by atoms with Gasteiger partial charge in [0.1, 0.15) is 0 Å². The topological polar surface area (TPSA) is 46.3 Å². The van der Waals surface area contributed by atoms with Crippen LogP contribution in [0.25, 0.3) is 0 Å². The van der Waals surface area contributed by atoms with Crippen molar-refractivity contribution in [2.45, 2.75) is 71.6 Å². The number of hydrogen-bond donors (Lipinski definition) is 1. The maximum absolute atomic E-state index is 12.9. The SMILES string of the molecule is CCCC(CN)(CCC)C(=O)N(C)CC1CCCCC1. The molecule has 0 aromatic rings. The smallest absolute Gasteiger partial charge is 0.229 e. The van der Waals surface area contributed by atoms with Crippen LogP contribution in [0.4, 0.5) is 0 Å². The van der Waals surface area contributed by atoms with E-state index in [0.717, 1.165) is 32.2 Å². The van der Waals surface area contributed by atoms with Crippen molar-refractivity contribution in [1.29, 1.82) is 0 Å². The summed E-state index contributed by atoms with van der Waals surface area (Å²) in [4.78, 5) is 14.9. The predicted molar refractivity (Wildman–Crippen MR) is 85.5 cm³/mol. The molecule has 1 amide bonds. The molecule has 0 unspecified atom stereocenters. The predicted octanol–water partition coefficient (Wildman–Crippen LogP) is 3.57. The third-order valence-electron chi connectivity index (χ3n) is 4.91. The lowest BCUT2D eigenvalue weighted by Crippen LogP contribution is -2.48. The van der Waals surface area contributed by atoms with E-state index in [1.165, 1.54) is 32.1 Å². The molecule has 1 aliphatic carbocycles. The van der Waals surface area contributed by atoms with Crippen LogP contribution >= 0.6 is 0 Å². The number of carbonyl (C=O) groups is 1. The van der Waals surface area contributed by atoms with Crippen molar-refractivity contribution in [1.82, 2.24) is 4.90 Å². The maximum atomic E-state index is 12.9. The van der Waals surface area contributed by atoms with Crippen LogP contribution in [-0.4, -0.2) is 30.9 Å². The lowest BCUT2D eigenvalue weighted by Gasteiger charge is -2.36. The summed E-state index contributed by atoms with van der Waals surface area (Å²) >= 11 is 0. The summed E-state index contributed by atoms with van der Waals surface area (Å²) in [6.45, 7) is 5.71. The van der Waals surface area contributed by atoms with Gasteiger partial charge in [0.15, 0.2) is 0 Å². The number of carbonyl (C=O) groups excluding carboxylic acids is 1. The van der Waals surface area contributed by atoms with Crippen LogP contribution in [-0.2, 0) is 4.79 Å². The van der Waals surface area contributed by atoms with Gasteiger partial charge in [0.25, 0.3) is 0 Å². The molecule has 0 heterocycles. The first-order valence-electron chi connectivity index (χ1n) is 8.55. The van der Waals surface area contributed by atoms with E-state index in [1.807, 2.05) is 11.9 Å². The molecule has 20 heavy (non-hydrogen) atoms. The Morgan fingerprint density at radius 2 is 1.70 bits per heavy atom. The minimum atomic E-state index is -0.313. The minimum absolute atomic E-state index is 0.286. The molecule has 1 aliphatic rings. The van der Waals surface area contributed by atoms with Gasteiger partial charge in [-0.15, -0.1) is 0 Å². The summed E-state index contributed by atoms with van der Waals surface area (Å²) in [7, 11) is 1.98. The Bertz CT molecular complexity index is 279. The maximum Gasteiger partial charge on any atom is 0.229 e. The standard InChI is InChI=1S/C17H34N2O/c1-4-11-17(14-18,12-5-2)16(20)19(3)13-15-9-7-6-8-10-15/h15H,4-14,18H2,1-3H3. The van der Waals surface area contributed by atoms with E-state index in [2.05, 4.69) is 13.8 Å². The van der Waals surface area contributed by atoms with Gasteiger partial charge in [-0.1, -0.05) is 46.0 Å². The van der Waals surface area contributed by atoms with Crippen molar-refractivity contribution in [3.05, 3.63) is 0 Å². The van der Waals surface area contributed by atoms with Crippen molar-refractivity contribution < 1.29 is 4.79 Å². The molecule has 0 aliphatic heterocycles. The normalized spacial score (nSPS) is 17.2. The van der Waals surface area contributed by atoms with Gasteiger partial charge in [0, 0.05) is 20.1 Å². The fourth-order valence-electron chi connectivity index (χ4n) is 3.83. The van der Waals surface area contributed by atoms with E-state index in [4.69, 9.17) is 5.73 Å². The summed E-state index contributed by atoms with van der Waals surface area (Å²) in [5.74, 6) is 0.991. The Balaban J connectivity index is 2.66. The zero-order valence-corrected chi connectivity index (χ0v) is 13.8. The second-order valence-corrected chi connectivity index (χ2v) is 6.67. The highest BCUT2D eigenvalue weighted by atomic mass is 16.2. The molecule has 0 aromatic carbocycles. The van der Waals surface area contributed by atoms with Crippen LogP contribution in [0.15, 0.2) is 0 Å². The van der Waals surface area contributed by atoms with Crippen LogP contribution in [0, 0.1) is 11.3 Å². The molecule has 2 N–H and O–H groups in total. The van der Waals surface area contributed by atoms with Crippen LogP contribution in [0.3, 0.4) is 0 Å². The van der Waals surface area contributed by atoms with Crippen molar-refractivity contribution in [2.24, 2.45) is 17.1 Å². The van der Waals surface area contributed by atoms with Gasteiger partial charge in [-0.05, 0) is 31.6 Å². The first-order valence-corrected chi connectivity index (χ1v) is 8.55. The molecular weight excluding hydrogens is 248 g/mol. The van der Waals surface area contributed by atoms with Gasteiger partial charge in [0.2, 0.25) is 5.91 Å². The van der Waals surface area contributed by atoms with Gasteiger partial charge >= 0.3 is 0 Å². The number of rotatable bonds is 8. The van der Waals surface area contributed by atoms with Gasteiger partial charge in [-0.3, -0.25) is 4.79 Å². The summed E-state index contributed by atoms with van der Waals surface area (Å²) < 4.78 is 0. The summed E-state index contributed by atoms with van der Waals surface area (Å²) in [6.07, 6.45) is 10.5. The number of nitrogens with zero attached hydrogens (tertiary/aromatic N) is 1. The fourth-order valence-corrected chi connectivity index (χ4v) is 3.83. The third-order valence-corrected chi connectivity index (χ3v) is 4.91. The van der Waals surface area contributed by atoms with Crippen molar-refractivity contribution in [2.75, 3.05) is 20.1 Å². The number of nitrogens with two attached hydrogens (primary N) is 1. The molecule has 1 fully saturated rings. The molecule has 0 radical (unpaired) electrons. The molecule has 118 valence electrons. The molecule has 1 rings (SSSR count). The zero-order chi connectivity index (χ0) is 15.0. The molecule has 0 aromatic heterocycles. The van der Waals surface area contributed by atoms with E-state index in [-0.39, 0.29) is 11.3 Å². The summed E-state index contributed by atoms with van der Waals surface area (Å²) in [6, 6.07) is 0. The second kappa shape index (κ2) is 8.66. The average molecular weight is 282 g/mol. The largest absolute Gasteiger partial charge is 0.345 e. The van der Waals surface area contributed by atoms with Crippen molar-refractivity contribution in [3.63, 3.8) is 0 Å². The highest BCUT2D eigenvalue weighted by Crippen LogP contribution is 2.32. The van der Waals surface area contributed by atoms with E-state index < -0.39 is 0 Å². The first kappa shape index (κ1) is 17.5. The highest BCUT2D eigenvalue weighted by molar-refractivity contribution is 5.82. The van der Waals surface area contributed by atoms with E-state index in [1.54, 1.807) is 0 Å². The lowest BCUT2D eigenvalue weighted by molar-refractivity contribution is -0.142. The second-order valence-electron chi connectivity index (χ2n) is 6.67. The van der Waals surface area contributed by atoms with Gasteiger partial charge in [0.05, 0.1) is 5.41 Å². The van der Waals surface area contributed by atoms with Crippen LogP contribution in [0.1, 0.15) is 71.6 Å². The molecular formula is C17H34N2O. The van der Waals surface area contributed by atoms with E-state index in [9.17, 15) is 4.79 Å². The molecule has 0 bridgehead atoms. The van der Waals surface area contributed by atoms with E-state index in [0.29, 0.717) is 12.5 Å². The molecule has 0 saturated heterocycles. The number of hydrogen-bond acceptors (Lipinski definition) is 2. The van der Waals surface area contributed by atoms with Crippen LogP contribution in [0.5, 0.6) is 0 Å². The Morgan fingerprint density at radius 3 is 2.15 bits per heavy atom. The average Bonchev–Trinajstić information content (AvgIpc) is 2.47. The van der Waals surface area contributed by atoms with Crippen LogP contribution in [0.2, 0.25) is 0 Å². The van der Waals surface area contributed by atoms with E-state index >= 15 is 0 Å². The zero-order valence-electron chi connectivity index (χ0n) is 13.8. The van der Waals surface area contributed by atoms with Crippen LogP contribution < -0.4 is 5.73 Å². The molecule has 1 saturated carbocycles. The minimum Gasteiger partial charge on any atom is -0.345 e. The Morgan fingerprint density at radius 1 is 1.15 bits per heavy atom. The molecule has 0 spiro atoms. The van der Waals surface area contributed by atoms with Crippen molar-refractivity contribution >= 4 is 5.91 Å². The highest BCUT2D eigenvalue weighted by Gasteiger charge is 2.37. The Labute approximate surface area is 125 Å². The quantitative estimate of drug-likeness (QED) is 0.740. The molecule has 0 atom stereocenters. The number of amides is 1. The Hall–Kier alpha value is -0.570. The van der Waals surface area contributed by atoms with Gasteiger partial charge < -0.3 is 10.6 Å². The fraction of sp³-hybridized carbons (Fsp3) is 0.941. The summed E-state index contributed by atoms with van der Waals surface area (Å²) in [5.41, 5.74) is 5.69. The molecule has 3 nitrogen and oxygen atoms in total. The third kappa shape index (κ3) is 4.47. The van der Waals surface area contributed by atoms with Gasteiger partial charge in [-0.2, -0.15) is 0 Å². The molecule has 3 heteroatoms. The lowest BCUT2D eigenvalue weighted by atomic mass is 9.77. The summed E-state index contributed by atoms with van der Waals surface area (Å²) in [5, 5.41) is 0. The van der Waals surface area contributed by atoms with Crippen molar-refractivity contribution in [3.8, 4) is 0 Å². The monoisotopic (exact) mass is 282 g/mol.